The highest BCUT2D eigenvalue weighted by atomic mass is 35.5. The van der Waals surface area contributed by atoms with Crippen LogP contribution in [0.4, 0.5) is 0 Å². The lowest BCUT2D eigenvalue weighted by Crippen LogP contribution is -2.46. The van der Waals surface area contributed by atoms with Gasteiger partial charge in [0.25, 0.3) is 0 Å². The van der Waals surface area contributed by atoms with Crippen molar-refractivity contribution in [3.8, 4) is 5.75 Å². The third-order valence-corrected chi connectivity index (χ3v) is 6.17. The second-order valence-corrected chi connectivity index (χ2v) is 8.37. The first-order valence-electron chi connectivity index (χ1n) is 10.3. The molecular formula is C22H28Cl2N2O5. The van der Waals surface area contributed by atoms with Gasteiger partial charge in [-0.25, -0.2) is 0 Å². The van der Waals surface area contributed by atoms with E-state index in [0.29, 0.717) is 47.3 Å². The van der Waals surface area contributed by atoms with E-state index < -0.39 is 12.0 Å². The van der Waals surface area contributed by atoms with Crippen molar-refractivity contribution in [1.29, 1.82) is 0 Å². The number of nitrogens with one attached hydrogen (secondary N) is 1. The smallest absolute Gasteiger partial charge is 0.325 e. The number of halogens is 2. The topological polar surface area (TPSA) is 95.9 Å². The van der Waals surface area contributed by atoms with Crippen LogP contribution in [-0.2, 0) is 14.4 Å². The highest BCUT2D eigenvalue weighted by molar-refractivity contribution is 6.43. The Bertz CT molecular complexity index is 851. The van der Waals surface area contributed by atoms with E-state index in [1.54, 1.807) is 23.1 Å². The highest BCUT2D eigenvalue weighted by Gasteiger charge is 2.28. The number of carboxylic acid groups (broad SMARTS) is 1. The Morgan fingerprint density at radius 1 is 1.23 bits per heavy atom. The van der Waals surface area contributed by atoms with Crippen LogP contribution < -0.4 is 10.1 Å². The van der Waals surface area contributed by atoms with Crippen LogP contribution >= 0.6 is 23.2 Å². The lowest BCUT2D eigenvalue weighted by molar-refractivity contribution is -0.142. The number of aliphatic carboxylic acids is 1. The fraction of sp³-hybridized carbons (Fsp3) is 0.500. The van der Waals surface area contributed by atoms with Gasteiger partial charge in [-0.1, -0.05) is 30.1 Å². The quantitative estimate of drug-likeness (QED) is 0.559. The summed E-state index contributed by atoms with van der Waals surface area (Å²) in [4.78, 5) is 37.2. The zero-order chi connectivity index (χ0) is 23.1. The van der Waals surface area contributed by atoms with E-state index in [9.17, 15) is 14.4 Å². The molecule has 0 radical (unpaired) electrons. The van der Waals surface area contributed by atoms with Crippen molar-refractivity contribution >= 4 is 47.1 Å². The predicted octanol–water partition coefficient (Wildman–Crippen LogP) is 4.01. The monoisotopic (exact) mass is 470 g/mol. The van der Waals surface area contributed by atoms with Gasteiger partial charge >= 0.3 is 5.97 Å². The number of carboxylic acids is 1. The Hall–Kier alpha value is -2.25. The van der Waals surface area contributed by atoms with Gasteiger partial charge in [-0.15, -0.1) is 0 Å². The van der Waals surface area contributed by atoms with E-state index in [-0.39, 0.29) is 23.8 Å². The molecule has 1 aliphatic heterocycles. The lowest BCUT2D eigenvalue weighted by atomic mass is 9.95. The number of amides is 2. The number of ether oxygens (including phenoxy) is 1. The van der Waals surface area contributed by atoms with Crippen molar-refractivity contribution in [1.82, 2.24) is 10.2 Å². The number of carbonyl (C=O) groups is 3. The van der Waals surface area contributed by atoms with Crippen LogP contribution in [0.2, 0.25) is 10.0 Å². The number of carbonyl (C=O) groups excluding carboxylic acids is 2. The molecule has 0 aromatic heterocycles. The SMILES string of the molecule is CCC(C)Oc1ccc(/C=C/C(=O)N2CCC(C(=O)N[C@@H](C)C(=O)O)CC2)c(Cl)c1Cl. The van der Waals surface area contributed by atoms with Gasteiger partial charge in [0, 0.05) is 25.1 Å². The second kappa shape index (κ2) is 11.4. The van der Waals surface area contributed by atoms with Gasteiger partial charge in [-0.05, 0) is 56.9 Å². The van der Waals surface area contributed by atoms with Crippen molar-refractivity contribution in [3.63, 3.8) is 0 Å². The average Bonchev–Trinajstić information content (AvgIpc) is 2.75. The number of hydrogen-bond acceptors (Lipinski definition) is 4. The minimum Gasteiger partial charge on any atom is -0.489 e. The molecule has 170 valence electrons. The predicted molar refractivity (Wildman–Crippen MR) is 120 cm³/mol. The van der Waals surface area contributed by atoms with Gasteiger partial charge in [0.2, 0.25) is 11.8 Å². The van der Waals surface area contributed by atoms with Gasteiger partial charge in [-0.3, -0.25) is 14.4 Å². The molecule has 1 aromatic rings. The molecule has 7 nitrogen and oxygen atoms in total. The number of piperidine rings is 1. The van der Waals surface area contributed by atoms with E-state index >= 15 is 0 Å². The largest absolute Gasteiger partial charge is 0.489 e. The van der Waals surface area contributed by atoms with Crippen molar-refractivity contribution in [2.24, 2.45) is 5.92 Å². The Kier molecular flexibility index (Phi) is 9.19. The van der Waals surface area contributed by atoms with Crippen molar-refractivity contribution < 1.29 is 24.2 Å². The Labute approximate surface area is 192 Å². The Morgan fingerprint density at radius 2 is 1.87 bits per heavy atom. The summed E-state index contributed by atoms with van der Waals surface area (Å²) in [6.45, 7) is 6.20. The standard InChI is InChI=1S/C22H28Cl2N2O5/c1-4-13(2)31-17-7-5-15(19(23)20(17)24)6-8-18(27)26-11-9-16(10-12-26)21(28)25-14(3)22(29)30/h5-8,13-14,16H,4,9-12H2,1-3H3,(H,25,28)(H,29,30)/b8-6+/t13?,14-/m0/s1. The van der Waals surface area contributed by atoms with Gasteiger partial charge < -0.3 is 20.1 Å². The number of nitrogens with zero attached hydrogens (tertiary/aromatic N) is 1. The van der Waals surface area contributed by atoms with Crippen molar-refractivity contribution in [2.45, 2.75) is 52.2 Å². The van der Waals surface area contributed by atoms with Gasteiger partial charge in [0.1, 0.15) is 16.8 Å². The first-order chi connectivity index (χ1) is 14.6. The Morgan fingerprint density at radius 3 is 2.45 bits per heavy atom. The minimum absolute atomic E-state index is 0.00823. The maximum Gasteiger partial charge on any atom is 0.325 e. The summed E-state index contributed by atoms with van der Waals surface area (Å²) >= 11 is 12.6. The molecule has 0 spiro atoms. The molecule has 31 heavy (non-hydrogen) atoms. The molecule has 0 bridgehead atoms. The fourth-order valence-corrected chi connectivity index (χ4v) is 3.52. The molecule has 1 heterocycles. The van der Waals surface area contributed by atoms with Crippen LogP contribution in [0.25, 0.3) is 6.08 Å². The first-order valence-corrected chi connectivity index (χ1v) is 11.0. The molecule has 2 atom stereocenters. The van der Waals surface area contributed by atoms with Crippen LogP contribution in [0.15, 0.2) is 18.2 Å². The summed E-state index contributed by atoms with van der Waals surface area (Å²) in [7, 11) is 0. The summed E-state index contributed by atoms with van der Waals surface area (Å²) in [5, 5.41) is 12.0. The van der Waals surface area contributed by atoms with E-state index in [1.165, 1.54) is 13.0 Å². The van der Waals surface area contributed by atoms with E-state index in [2.05, 4.69) is 5.32 Å². The molecule has 1 unspecified atom stereocenters. The highest BCUT2D eigenvalue weighted by Crippen LogP contribution is 2.36. The van der Waals surface area contributed by atoms with Crippen LogP contribution in [0.5, 0.6) is 5.75 Å². The van der Waals surface area contributed by atoms with Gasteiger partial charge in [-0.2, -0.15) is 0 Å². The number of benzene rings is 1. The average molecular weight is 471 g/mol. The number of rotatable bonds is 8. The Balaban J connectivity index is 1.94. The van der Waals surface area contributed by atoms with E-state index in [1.807, 2.05) is 13.8 Å². The molecule has 2 N–H and O–H groups in total. The number of likely N-dealkylation sites (tertiary alicyclic amines) is 1. The summed E-state index contributed by atoms with van der Waals surface area (Å²) in [5.41, 5.74) is 0.605. The minimum atomic E-state index is -1.08. The zero-order valence-electron chi connectivity index (χ0n) is 17.9. The van der Waals surface area contributed by atoms with Crippen LogP contribution in [0.3, 0.4) is 0 Å². The van der Waals surface area contributed by atoms with Gasteiger partial charge in [0.05, 0.1) is 11.1 Å². The molecular weight excluding hydrogens is 443 g/mol. The third kappa shape index (κ3) is 6.87. The number of hydrogen-bond donors (Lipinski definition) is 2. The third-order valence-electron chi connectivity index (χ3n) is 5.29. The van der Waals surface area contributed by atoms with Crippen molar-refractivity contribution in [3.05, 3.63) is 33.8 Å². The zero-order valence-corrected chi connectivity index (χ0v) is 19.4. The first kappa shape index (κ1) is 25.0. The summed E-state index contributed by atoms with van der Waals surface area (Å²) in [5.74, 6) is -1.36. The molecule has 0 aliphatic carbocycles. The lowest BCUT2D eigenvalue weighted by Gasteiger charge is -2.31. The van der Waals surface area contributed by atoms with Crippen LogP contribution in [0, 0.1) is 5.92 Å². The van der Waals surface area contributed by atoms with Crippen LogP contribution in [-0.4, -0.2) is 53.0 Å². The molecule has 2 amide bonds. The fourth-order valence-electron chi connectivity index (χ4n) is 3.09. The molecule has 1 fully saturated rings. The van der Waals surface area contributed by atoms with Crippen molar-refractivity contribution in [2.75, 3.05) is 13.1 Å². The molecule has 1 aliphatic rings. The summed E-state index contributed by atoms with van der Waals surface area (Å²) in [6, 6.07) is 2.54. The molecule has 9 heteroatoms. The molecule has 1 aromatic carbocycles. The normalized spacial score (nSPS) is 16.7. The van der Waals surface area contributed by atoms with Crippen LogP contribution in [0.1, 0.15) is 45.6 Å². The molecule has 1 saturated heterocycles. The second-order valence-electron chi connectivity index (χ2n) is 7.62. The van der Waals surface area contributed by atoms with E-state index in [0.717, 1.165) is 6.42 Å². The summed E-state index contributed by atoms with van der Waals surface area (Å²) in [6.07, 6.45) is 4.84. The van der Waals surface area contributed by atoms with E-state index in [4.69, 9.17) is 33.0 Å². The molecule has 2 rings (SSSR count). The maximum absolute atomic E-state index is 12.5. The molecule has 0 saturated carbocycles. The van der Waals surface area contributed by atoms with Gasteiger partial charge in [0.15, 0.2) is 0 Å². The maximum atomic E-state index is 12.5. The summed E-state index contributed by atoms with van der Waals surface area (Å²) < 4.78 is 5.74.